The van der Waals surface area contributed by atoms with Crippen LogP contribution < -0.4 is 9.47 Å². The van der Waals surface area contributed by atoms with Crippen molar-refractivity contribution in [2.75, 3.05) is 20.8 Å². The molecule has 25 heavy (non-hydrogen) atoms. The number of fused-ring (bicyclic) bond motifs is 1. The van der Waals surface area contributed by atoms with Gasteiger partial charge in [0.1, 0.15) is 6.04 Å². The number of carbonyl (C=O) groups excluding carboxylic acids is 1. The van der Waals surface area contributed by atoms with Gasteiger partial charge in [-0.05, 0) is 56.5 Å². The lowest BCUT2D eigenvalue weighted by molar-refractivity contribution is -0.135. The average molecular weight is 343 g/mol. The lowest BCUT2D eigenvalue weighted by Crippen LogP contribution is -2.40. The summed E-state index contributed by atoms with van der Waals surface area (Å²) in [6, 6.07) is 5.67. The number of aryl methyl sites for hydroxylation is 2. The standard InChI is InChI=1S/C19H25N3O3/c1-12-8-13(2)22(20-12)14(3)19(23)21-7-6-15-9-17(24-4)18(25-5)10-16(15)11-21/h8-10,14H,6-7,11H2,1-5H3. The minimum Gasteiger partial charge on any atom is -0.493 e. The van der Waals surface area contributed by atoms with Crippen molar-refractivity contribution in [2.45, 2.75) is 39.8 Å². The van der Waals surface area contributed by atoms with Gasteiger partial charge in [-0.25, -0.2) is 0 Å². The maximum Gasteiger partial charge on any atom is 0.247 e. The van der Waals surface area contributed by atoms with Crippen molar-refractivity contribution in [3.8, 4) is 11.5 Å². The number of amides is 1. The Kier molecular flexibility index (Phi) is 4.70. The summed E-state index contributed by atoms with van der Waals surface area (Å²) < 4.78 is 12.6. The second-order valence-corrected chi connectivity index (χ2v) is 6.53. The second-order valence-electron chi connectivity index (χ2n) is 6.53. The maximum atomic E-state index is 13.0. The molecule has 1 aliphatic rings. The van der Waals surface area contributed by atoms with Crippen LogP contribution >= 0.6 is 0 Å². The molecular formula is C19H25N3O3. The van der Waals surface area contributed by atoms with Gasteiger partial charge in [-0.3, -0.25) is 9.48 Å². The van der Waals surface area contributed by atoms with E-state index in [1.165, 1.54) is 5.56 Å². The summed E-state index contributed by atoms with van der Waals surface area (Å²) in [5.41, 5.74) is 4.25. The minimum atomic E-state index is -0.310. The van der Waals surface area contributed by atoms with E-state index < -0.39 is 0 Å². The van der Waals surface area contributed by atoms with E-state index in [2.05, 4.69) is 5.10 Å². The minimum absolute atomic E-state index is 0.0895. The monoisotopic (exact) mass is 343 g/mol. The molecule has 0 aliphatic carbocycles. The highest BCUT2D eigenvalue weighted by Gasteiger charge is 2.27. The van der Waals surface area contributed by atoms with Gasteiger partial charge in [0, 0.05) is 18.8 Å². The van der Waals surface area contributed by atoms with Crippen LogP contribution in [0.15, 0.2) is 18.2 Å². The van der Waals surface area contributed by atoms with Crippen LogP contribution in [-0.4, -0.2) is 41.4 Å². The van der Waals surface area contributed by atoms with Crippen LogP contribution in [-0.2, 0) is 17.8 Å². The molecule has 6 nitrogen and oxygen atoms in total. The molecule has 1 aliphatic heterocycles. The van der Waals surface area contributed by atoms with Crippen molar-refractivity contribution >= 4 is 5.91 Å². The number of carbonyl (C=O) groups is 1. The Morgan fingerprint density at radius 1 is 1.12 bits per heavy atom. The molecule has 1 unspecified atom stereocenters. The van der Waals surface area contributed by atoms with Gasteiger partial charge >= 0.3 is 0 Å². The highest BCUT2D eigenvalue weighted by atomic mass is 16.5. The summed E-state index contributed by atoms with van der Waals surface area (Å²) >= 11 is 0. The van der Waals surface area contributed by atoms with Gasteiger partial charge in [0.15, 0.2) is 11.5 Å². The molecule has 1 amide bonds. The van der Waals surface area contributed by atoms with E-state index >= 15 is 0 Å². The highest BCUT2D eigenvalue weighted by Crippen LogP contribution is 2.33. The van der Waals surface area contributed by atoms with E-state index in [9.17, 15) is 4.79 Å². The Labute approximate surface area is 148 Å². The molecule has 0 saturated carbocycles. The lowest BCUT2D eigenvalue weighted by Gasteiger charge is -2.31. The number of nitrogens with zero attached hydrogens (tertiary/aromatic N) is 3. The molecule has 6 heteroatoms. The smallest absolute Gasteiger partial charge is 0.247 e. The third-order valence-corrected chi connectivity index (χ3v) is 4.80. The van der Waals surface area contributed by atoms with Gasteiger partial charge in [-0.1, -0.05) is 0 Å². The molecular weight excluding hydrogens is 318 g/mol. The number of benzene rings is 1. The summed E-state index contributed by atoms with van der Waals surface area (Å²) in [6.45, 7) is 7.11. The third-order valence-electron chi connectivity index (χ3n) is 4.80. The number of ether oxygens (including phenoxy) is 2. The fourth-order valence-corrected chi connectivity index (χ4v) is 3.48. The van der Waals surface area contributed by atoms with Crippen LogP contribution in [0.5, 0.6) is 11.5 Å². The average Bonchev–Trinajstić information content (AvgIpc) is 2.96. The number of aromatic nitrogens is 2. The molecule has 2 heterocycles. The predicted molar refractivity (Wildman–Crippen MR) is 95.1 cm³/mol. The number of hydrogen-bond acceptors (Lipinski definition) is 4. The van der Waals surface area contributed by atoms with Crippen LogP contribution in [0.4, 0.5) is 0 Å². The van der Waals surface area contributed by atoms with Gasteiger partial charge in [0.2, 0.25) is 5.91 Å². The van der Waals surface area contributed by atoms with Crippen molar-refractivity contribution in [1.82, 2.24) is 14.7 Å². The van der Waals surface area contributed by atoms with Crippen LogP contribution in [0.3, 0.4) is 0 Å². The molecule has 0 bridgehead atoms. The lowest BCUT2D eigenvalue weighted by atomic mass is 9.98. The Morgan fingerprint density at radius 3 is 2.32 bits per heavy atom. The first kappa shape index (κ1) is 17.3. The van der Waals surface area contributed by atoms with Crippen molar-refractivity contribution in [2.24, 2.45) is 0 Å². The molecule has 134 valence electrons. The van der Waals surface area contributed by atoms with Crippen molar-refractivity contribution < 1.29 is 14.3 Å². The van der Waals surface area contributed by atoms with Gasteiger partial charge in [0.05, 0.1) is 19.9 Å². The molecule has 3 rings (SSSR count). The van der Waals surface area contributed by atoms with E-state index in [1.807, 2.05) is 48.6 Å². The Balaban J connectivity index is 1.82. The first-order valence-corrected chi connectivity index (χ1v) is 8.50. The summed E-state index contributed by atoms with van der Waals surface area (Å²) in [5, 5.41) is 4.45. The first-order valence-electron chi connectivity index (χ1n) is 8.50. The first-order chi connectivity index (χ1) is 11.9. The zero-order valence-corrected chi connectivity index (χ0v) is 15.5. The maximum absolute atomic E-state index is 13.0. The summed E-state index contributed by atoms with van der Waals surface area (Å²) in [7, 11) is 3.26. The molecule has 1 atom stereocenters. The van der Waals surface area contributed by atoms with E-state index in [1.54, 1.807) is 14.2 Å². The van der Waals surface area contributed by atoms with Crippen LogP contribution in [0.2, 0.25) is 0 Å². The number of hydrogen-bond donors (Lipinski definition) is 0. The van der Waals surface area contributed by atoms with Crippen LogP contribution in [0.1, 0.15) is 35.5 Å². The Bertz CT molecular complexity index is 797. The quantitative estimate of drug-likeness (QED) is 0.856. The second kappa shape index (κ2) is 6.78. The number of methoxy groups -OCH3 is 2. The fourth-order valence-electron chi connectivity index (χ4n) is 3.48. The Morgan fingerprint density at radius 2 is 1.76 bits per heavy atom. The predicted octanol–water partition coefficient (Wildman–Crippen LogP) is 2.66. The van der Waals surface area contributed by atoms with Crippen LogP contribution in [0.25, 0.3) is 0 Å². The molecule has 1 aromatic heterocycles. The molecule has 0 radical (unpaired) electrons. The highest BCUT2D eigenvalue weighted by molar-refractivity contribution is 5.80. The largest absolute Gasteiger partial charge is 0.493 e. The third kappa shape index (κ3) is 3.21. The Hall–Kier alpha value is -2.50. The molecule has 0 saturated heterocycles. The van der Waals surface area contributed by atoms with E-state index in [0.717, 1.165) is 29.1 Å². The van der Waals surface area contributed by atoms with Gasteiger partial charge in [0.25, 0.3) is 0 Å². The summed E-state index contributed by atoms with van der Waals surface area (Å²) in [4.78, 5) is 14.9. The SMILES string of the molecule is COc1cc2c(cc1OC)CN(C(=O)C(C)n1nc(C)cc1C)CC2. The summed E-state index contributed by atoms with van der Waals surface area (Å²) in [5.74, 6) is 1.52. The molecule has 0 spiro atoms. The molecule has 2 aromatic rings. The zero-order chi connectivity index (χ0) is 18.1. The normalized spacial score (nSPS) is 14.8. The summed E-state index contributed by atoms with van der Waals surface area (Å²) in [6.07, 6.45) is 0.811. The van der Waals surface area contributed by atoms with Gasteiger partial charge in [-0.15, -0.1) is 0 Å². The molecule has 0 N–H and O–H groups in total. The van der Waals surface area contributed by atoms with E-state index in [0.29, 0.717) is 18.8 Å². The number of rotatable bonds is 4. The van der Waals surface area contributed by atoms with Crippen LogP contribution in [0, 0.1) is 13.8 Å². The molecule has 0 fully saturated rings. The van der Waals surface area contributed by atoms with E-state index in [-0.39, 0.29) is 11.9 Å². The van der Waals surface area contributed by atoms with Gasteiger partial charge in [-0.2, -0.15) is 5.10 Å². The molecule has 1 aromatic carbocycles. The van der Waals surface area contributed by atoms with Crippen molar-refractivity contribution in [3.63, 3.8) is 0 Å². The van der Waals surface area contributed by atoms with Crippen molar-refractivity contribution in [3.05, 3.63) is 40.7 Å². The zero-order valence-electron chi connectivity index (χ0n) is 15.5. The van der Waals surface area contributed by atoms with Gasteiger partial charge < -0.3 is 14.4 Å². The van der Waals surface area contributed by atoms with E-state index in [4.69, 9.17) is 9.47 Å². The van der Waals surface area contributed by atoms with Crippen molar-refractivity contribution in [1.29, 1.82) is 0 Å². The topological polar surface area (TPSA) is 56.6 Å². The fraction of sp³-hybridized carbons (Fsp3) is 0.474.